The van der Waals surface area contributed by atoms with E-state index in [1.54, 1.807) is 6.07 Å². The van der Waals surface area contributed by atoms with E-state index < -0.39 is 0 Å². The standard InChI is InChI=1S/C19H18FN5O3/c20-15-6-4-14(5-7-15)16-11-19(28)24(13-22-16)12-17(26)21-8-2-10-25-18(27)3-1-9-23-25/h1,3-7,9,11,13H,2,8,10,12H2,(H,21,26). The van der Waals surface area contributed by atoms with E-state index in [1.165, 1.54) is 58.2 Å². The lowest BCUT2D eigenvalue weighted by Gasteiger charge is -2.08. The van der Waals surface area contributed by atoms with Gasteiger partial charge in [-0.15, -0.1) is 0 Å². The maximum atomic E-state index is 13.0. The van der Waals surface area contributed by atoms with Gasteiger partial charge in [-0.25, -0.2) is 14.1 Å². The summed E-state index contributed by atoms with van der Waals surface area (Å²) in [6.07, 6.45) is 3.34. The number of nitrogens with one attached hydrogen (secondary N) is 1. The van der Waals surface area contributed by atoms with Gasteiger partial charge in [0, 0.05) is 37.0 Å². The zero-order chi connectivity index (χ0) is 19.9. The van der Waals surface area contributed by atoms with Gasteiger partial charge in [0.15, 0.2) is 0 Å². The number of amides is 1. The Labute approximate surface area is 159 Å². The molecule has 0 aliphatic heterocycles. The third-order valence-electron chi connectivity index (χ3n) is 3.99. The highest BCUT2D eigenvalue weighted by Gasteiger charge is 2.07. The molecule has 1 aromatic carbocycles. The van der Waals surface area contributed by atoms with Gasteiger partial charge in [-0.3, -0.25) is 19.0 Å². The molecule has 0 atom stereocenters. The number of hydrogen-bond acceptors (Lipinski definition) is 5. The molecule has 0 bridgehead atoms. The highest BCUT2D eigenvalue weighted by atomic mass is 19.1. The van der Waals surface area contributed by atoms with Crippen LogP contribution in [0.25, 0.3) is 11.3 Å². The van der Waals surface area contributed by atoms with Crippen LogP contribution in [-0.4, -0.2) is 31.8 Å². The van der Waals surface area contributed by atoms with E-state index in [0.29, 0.717) is 30.8 Å². The molecule has 28 heavy (non-hydrogen) atoms. The summed E-state index contributed by atoms with van der Waals surface area (Å²) in [6, 6.07) is 9.91. The largest absolute Gasteiger partial charge is 0.354 e. The normalized spacial score (nSPS) is 10.6. The smallest absolute Gasteiger partial charge is 0.266 e. The van der Waals surface area contributed by atoms with Gasteiger partial charge in [-0.1, -0.05) is 0 Å². The highest BCUT2D eigenvalue weighted by molar-refractivity contribution is 5.75. The second kappa shape index (κ2) is 8.85. The minimum Gasteiger partial charge on any atom is -0.354 e. The predicted octanol–water partition coefficient (Wildman–Crippen LogP) is 0.813. The molecule has 0 saturated heterocycles. The molecule has 0 radical (unpaired) electrons. The molecule has 3 aromatic rings. The average Bonchev–Trinajstić information content (AvgIpc) is 2.69. The summed E-state index contributed by atoms with van der Waals surface area (Å²) in [4.78, 5) is 39.9. The zero-order valence-corrected chi connectivity index (χ0v) is 14.9. The summed E-state index contributed by atoms with van der Waals surface area (Å²) in [5, 5.41) is 6.62. The Bertz CT molecular complexity index is 1080. The summed E-state index contributed by atoms with van der Waals surface area (Å²) in [6.45, 7) is 0.560. The SMILES string of the molecule is O=C(Cn1cnc(-c2ccc(F)cc2)cc1=O)NCCCn1ncccc1=O. The van der Waals surface area contributed by atoms with Crippen LogP contribution in [0.15, 0.2) is 64.6 Å². The molecular weight excluding hydrogens is 365 g/mol. The molecule has 0 aliphatic rings. The van der Waals surface area contributed by atoms with Crippen molar-refractivity contribution in [3.05, 3.63) is 81.5 Å². The van der Waals surface area contributed by atoms with Crippen LogP contribution in [0, 0.1) is 5.82 Å². The van der Waals surface area contributed by atoms with E-state index in [4.69, 9.17) is 0 Å². The maximum absolute atomic E-state index is 13.0. The number of aromatic nitrogens is 4. The van der Waals surface area contributed by atoms with Gasteiger partial charge in [-0.2, -0.15) is 5.10 Å². The molecule has 144 valence electrons. The van der Waals surface area contributed by atoms with E-state index in [-0.39, 0.29) is 29.4 Å². The Morgan fingerprint density at radius 3 is 2.61 bits per heavy atom. The van der Waals surface area contributed by atoms with Gasteiger partial charge in [0.25, 0.3) is 11.1 Å². The second-order valence-corrected chi connectivity index (χ2v) is 6.04. The van der Waals surface area contributed by atoms with E-state index in [1.807, 2.05) is 0 Å². The van der Waals surface area contributed by atoms with E-state index in [2.05, 4.69) is 15.4 Å². The fraction of sp³-hybridized carbons (Fsp3) is 0.211. The van der Waals surface area contributed by atoms with Crippen molar-refractivity contribution in [2.75, 3.05) is 6.54 Å². The first-order valence-corrected chi connectivity index (χ1v) is 8.64. The van der Waals surface area contributed by atoms with Crippen molar-refractivity contribution in [2.24, 2.45) is 0 Å². The minimum atomic E-state index is -0.385. The van der Waals surface area contributed by atoms with Crippen molar-refractivity contribution in [3.8, 4) is 11.3 Å². The van der Waals surface area contributed by atoms with Crippen molar-refractivity contribution in [1.29, 1.82) is 0 Å². The summed E-state index contributed by atoms with van der Waals surface area (Å²) >= 11 is 0. The lowest BCUT2D eigenvalue weighted by Crippen LogP contribution is -2.33. The van der Waals surface area contributed by atoms with Gasteiger partial charge in [0.1, 0.15) is 12.4 Å². The Hall–Kier alpha value is -3.62. The maximum Gasteiger partial charge on any atom is 0.266 e. The molecule has 9 heteroatoms. The van der Waals surface area contributed by atoms with Crippen LogP contribution < -0.4 is 16.4 Å². The fourth-order valence-corrected chi connectivity index (χ4v) is 2.55. The molecule has 2 aromatic heterocycles. The molecule has 0 unspecified atom stereocenters. The van der Waals surface area contributed by atoms with Crippen LogP contribution in [-0.2, 0) is 17.9 Å². The number of nitrogens with zero attached hydrogens (tertiary/aromatic N) is 4. The average molecular weight is 383 g/mol. The number of carbonyl (C=O) groups excluding carboxylic acids is 1. The van der Waals surface area contributed by atoms with Gasteiger partial charge < -0.3 is 5.32 Å². The number of aryl methyl sites for hydroxylation is 1. The fourth-order valence-electron chi connectivity index (χ4n) is 2.55. The molecule has 1 N–H and O–H groups in total. The highest BCUT2D eigenvalue weighted by Crippen LogP contribution is 2.14. The molecular formula is C19H18FN5O3. The predicted molar refractivity (Wildman–Crippen MR) is 100 cm³/mol. The first-order valence-electron chi connectivity index (χ1n) is 8.64. The first kappa shape index (κ1) is 19.2. The van der Waals surface area contributed by atoms with Crippen LogP contribution in [0.5, 0.6) is 0 Å². The van der Waals surface area contributed by atoms with E-state index in [9.17, 15) is 18.8 Å². The zero-order valence-electron chi connectivity index (χ0n) is 14.9. The van der Waals surface area contributed by atoms with Gasteiger partial charge >= 0.3 is 0 Å². The molecule has 0 fully saturated rings. The van der Waals surface area contributed by atoms with Crippen molar-refractivity contribution < 1.29 is 9.18 Å². The van der Waals surface area contributed by atoms with Crippen molar-refractivity contribution in [1.82, 2.24) is 24.6 Å². The summed E-state index contributed by atoms with van der Waals surface area (Å²) in [5.74, 6) is -0.714. The number of carbonyl (C=O) groups is 1. The Kier molecular flexibility index (Phi) is 6.05. The number of benzene rings is 1. The monoisotopic (exact) mass is 383 g/mol. The Morgan fingerprint density at radius 2 is 1.89 bits per heavy atom. The molecule has 1 amide bonds. The third-order valence-corrected chi connectivity index (χ3v) is 3.99. The topological polar surface area (TPSA) is 98.9 Å². The molecule has 0 saturated carbocycles. The Balaban J connectivity index is 1.52. The van der Waals surface area contributed by atoms with Crippen LogP contribution in [0.2, 0.25) is 0 Å². The summed E-state index contributed by atoms with van der Waals surface area (Å²) in [7, 11) is 0. The van der Waals surface area contributed by atoms with Crippen LogP contribution in [0.4, 0.5) is 4.39 Å². The van der Waals surface area contributed by atoms with E-state index in [0.717, 1.165) is 0 Å². The number of hydrogen-bond donors (Lipinski definition) is 1. The van der Waals surface area contributed by atoms with Crippen molar-refractivity contribution >= 4 is 5.91 Å². The van der Waals surface area contributed by atoms with Gasteiger partial charge in [0.05, 0.1) is 12.0 Å². The second-order valence-electron chi connectivity index (χ2n) is 6.04. The van der Waals surface area contributed by atoms with Crippen LogP contribution >= 0.6 is 0 Å². The third kappa shape index (κ3) is 4.97. The lowest BCUT2D eigenvalue weighted by atomic mass is 10.1. The summed E-state index contributed by atoms with van der Waals surface area (Å²) < 4.78 is 15.5. The van der Waals surface area contributed by atoms with Crippen molar-refractivity contribution in [2.45, 2.75) is 19.5 Å². The Morgan fingerprint density at radius 1 is 1.11 bits per heavy atom. The molecule has 2 heterocycles. The molecule has 0 aliphatic carbocycles. The minimum absolute atomic E-state index is 0.168. The quantitative estimate of drug-likeness (QED) is 0.609. The molecule has 8 nitrogen and oxygen atoms in total. The molecule has 0 spiro atoms. The van der Waals surface area contributed by atoms with Crippen LogP contribution in [0.3, 0.4) is 0 Å². The number of halogens is 1. The van der Waals surface area contributed by atoms with Gasteiger partial charge in [0.2, 0.25) is 5.91 Å². The number of rotatable bonds is 7. The molecule has 3 rings (SSSR count). The lowest BCUT2D eigenvalue weighted by molar-refractivity contribution is -0.121. The first-order chi connectivity index (χ1) is 13.5. The van der Waals surface area contributed by atoms with Crippen molar-refractivity contribution in [3.63, 3.8) is 0 Å². The summed E-state index contributed by atoms with van der Waals surface area (Å²) in [5.41, 5.74) is 0.430. The van der Waals surface area contributed by atoms with Gasteiger partial charge in [-0.05, 0) is 36.8 Å². The van der Waals surface area contributed by atoms with E-state index >= 15 is 0 Å². The van der Waals surface area contributed by atoms with Crippen LogP contribution in [0.1, 0.15) is 6.42 Å².